The Balaban J connectivity index is 2.36. The maximum absolute atomic E-state index is 12.7. The fraction of sp³-hybridized carbons (Fsp3) is 0.636. The van der Waals surface area contributed by atoms with Crippen molar-refractivity contribution in [1.82, 2.24) is 9.97 Å². The number of hydrogen-bond donors (Lipinski definition) is 3. The standard InChI is InChI=1S/C11H13F3N2O4/c1-4-2-6(11(12,13)14)16-10(15-4)9-8(19)7(18)5(3-17)20-9/h2,5,7-9,17-19H,3H2,1H3/t5-,7-,8-,9-/m1/s1. The molecule has 4 atom stereocenters. The molecule has 1 aromatic rings. The van der Waals surface area contributed by atoms with Gasteiger partial charge in [0.05, 0.1) is 6.61 Å². The van der Waals surface area contributed by atoms with E-state index in [4.69, 9.17) is 9.84 Å². The maximum Gasteiger partial charge on any atom is 0.433 e. The minimum atomic E-state index is -4.65. The fourth-order valence-corrected chi connectivity index (χ4v) is 1.98. The summed E-state index contributed by atoms with van der Waals surface area (Å²) in [5.74, 6) is -0.375. The van der Waals surface area contributed by atoms with Gasteiger partial charge in [-0.25, -0.2) is 9.97 Å². The molecular formula is C11H13F3N2O4. The molecule has 3 N–H and O–H groups in total. The molecule has 0 bridgehead atoms. The van der Waals surface area contributed by atoms with Crippen molar-refractivity contribution in [2.75, 3.05) is 6.61 Å². The SMILES string of the molecule is Cc1cc(C(F)(F)F)nc([C@@H]2O[C@H](CO)[C@@H](O)[C@H]2O)n1. The molecule has 0 spiro atoms. The third-order valence-corrected chi connectivity index (χ3v) is 2.96. The predicted molar refractivity (Wildman–Crippen MR) is 58.5 cm³/mol. The second-order valence-electron chi connectivity index (χ2n) is 4.51. The number of aryl methyl sites for hydroxylation is 1. The summed E-state index contributed by atoms with van der Waals surface area (Å²) in [6, 6.07) is 0.769. The molecule has 2 rings (SSSR count). The Hall–Kier alpha value is -1.29. The molecular weight excluding hydrogens is 281 g/mol. The first-order valence-electron chi connectivity index (χ1n) is 5.79. The second kappa shape index (κ2) is 5.24. The summed E-state index contributed by atoms with van der Waals surface area (Å²) in [5, 5.41) is 28.3. The monoisotopic (exact) mass is 294 g/mol. The first kappa shape index (κ1) is 15.1. The summed E-state index contributed by atoms with van der Waals surface area (Å²) in [7, 11) is 0. The van der Waals surface area contributed by atoms with Crippen molar-refractivity contribution < 1.29 is 33.2 Å². The number of hydrogen-bond acceptors (Lipinski definition) is 6. The summed E-state index contributed by atoms with van der Waals surface area (Å²) in [6.45, 7) is 0.772. The molecule has 0 aromatic carbocycles. The van der Waals surface area contributed by atoms with Crippen LogP contribution in [0.5, 0.6) is 0 Å². The van der Waals surface area contributed by atoms with Crippen molar-refractivity contribution >= 4 is 0 Å². The Kier molecular flexibility index (Phi) is 3.96. The van der Waals surface area contributed by atoms with Crippen molar-refractivity contribution in [3.63, 3.8) is 0 Å². The molecule has 6 nitrogen and oxygen atoms in total. The number of alkyl halides is 3. The Labute approximate surface area is 111 Å². The Morgan fingerprint density at radius 3 is 2.40 bits per heavy atom. The minimum Gasteiger partial charge on any atom is -0.394 e. The third-order valence-electron chi connectivity index (χ3n) is 2.96. The van der Waals surface area contributed by atoms with E-state index < -0.39 is 42.9 Å². The lowest BCUT2D eigenvalue weighted by atomic mass is 10.1. The molecule has 0 amide bonds. The number of ether oxygens (including phenoxy) is 1. The number of nitrogens with zero attached hydrogens (tertiary/aromatic N) is 2. The van der Waals surface area contributed by atoms with Crippen LogP contribution in [0.25, 0.3) is 0 Å². The van der Waals surface area contributed by atoms with Gasteiger partial charge in [0, 0.05) is 5.69 Å². The molecule has 20 heavy (non-hydrogen) atoms. The summed E-state index contributed by atoms with van der Waals surface area (Å²) < 4.78 is 43.1. The Bertz CT molecular complexity index is 497. The molecule has 0 radical (unpaired) electrons. The van der Waals surface area contributed by atoms with Crippen molar-refractivity contribution in [1.29, 1.82) is 0 Å². The van der Waals surface area contributed by atoms with E-state index in [0.29, 0.717) is 0 Å². The first-order valence-corrected chi connectivity index (χ1v) is 5.79. The van der Waals surface area contributed by atoms with Crippen LogP contribution < -0.4 is 0 Å². The molecule has 1 aliphatic heterocycles. The van der Waals surface area contributed by atoms with Gasteiger partial charge in [-0.05, 0) is 13.0 Å². The van der Waals surface area contributed by atoms with Crippen LogP contribution in [-0.4, -0.2) is 50.2 Å². The topological polar surface area (TPSA) is 95.7 Å². The van der Waals surface area contributed by atoms with Crippen LogP contribution in [-0.2, 0) is 10.9 Å². The minimum absolute atomic E-state index is 0.0556. The summed E-state index contributed by atoms with van der Waals surface area (Å²) >= 11 is 0. The predicted octanol–water partition coefficient (Wildman–Crippen LogP) is -0.0422. The highest BCUT2D eigenvalue weighted by Crippen LogP contribution is 2.34. The van der Waals surface area contributed by atoms with Gasteiger partial charge >= 0.3 is 6.18 Å². The van der Waals surface area contributed by atoms with Gasteiger partial charge in [-0.2, -0.15) is 13.2 Å². The quantitative estimate of drug-likeness (QED) is 0.708. The summed E-state index contributed by atoms with van der Waals surface area (Å²) in [4.78, 5) is 7.12. The number of rotatable bonds is 2. The van der Waals surface area contributed by atoms with Gasteiger partial charge in [-0.1, -0.05) is 0 Å². The number of halogens is 3. The summed E-state index contributed by atoms with van der Waals surface area (Å²) in [5.41, 5.74) is -1.10. The zero-order chi connectivity index (χ0) is 15.1. The Morgan fingerprint density at radius 1 is 1.25 bits per heavy atom. The van der Waals surface area contributed by atoms with E-state index in [2.05, 4.69) is 9.97 Å². The molecule has 0 saturated carbocycles. The van der Waals surface area contributed by atoms with E-state index in [9.17, 15) is 23.4 Å². The molecule has 1 fully saturated rings. The van der Waals surface area contributed by atoms with E-state index in [1.54, 1.807) is 0 Å². The lowest BCUT2D eigenvalue weighted by molar-refractivity contribution is -0.141. The van der Waals surface area contributed by atoms with Gasteiger partial charge in [-0.15, -0.1) is 0 Å². The molecule has 112 valence electrons. The average Bonchev–Trinajstić information content (AvgIpc) is 2.64. The van der Waals surface area contributed by atoms with Gasteiger partial charge in [0.25, 0.3) is 0 Å². The van der Waals surface area contributed by atoms with Gasteiger partial charge < -0.3 is 20.1 Å². The maximum atomic E-state index is 12.7. The van der Waals surface area contributed by atoms with Gasteiger partial charge in [0.15, 0.2) is 5.82 Å². The smallest absolute Gasteiger partial charge is 0.394 e. The van der Waals surface area contributed by atoms with Crippen LogP contribution in [0, 0.1) is 6.92 Å². The van der Waals surface area contributed by atoms with E-state index in [1.807, 2.05) is 0 Å². The van der Waals surface area contributed by atoms with Crippen molar-refractivity contribution in [2.24, 2.45) is 0 Å². The van der Waals surface area contributed by atoms with Crippen molar-refractivity contribution in [3.8, 4) is 0 Å². The molecule has 0 aliphatic carbocycles. The van der Waals surface area contributed by atoms with Gasteiger partial charge in [-0.3, -0.25) is 0 Å². The zero-order valence-electron chi connectivity index (χ0n) is 10.4. The molecule has 1 aromatic heterocycles. The van der Waals surface area contributed by atoms with E-state index >= 15 is 0 Å². The van der Waals surface area contributed by atoms with Gasteiger partial charge in [0.2, 0.25) is 0 Å². The number of aromatic nitrogens is 2. The second-order valence-corrected chi connectivity index (χ2v) is 4.51. The fourth-order valence-electron chi connectivity index (χ4n) is 1.98. The number of aliphatic hydroxyl groups is 3. The highest BCUT2D eigenvalue weighted by Gasteiger charge is 2.45. The lowest BCUT2D eigenvalue weighted by Gasteiger charge is -2.15. The first-order chi connectivity index (χ1) is 9.24. The van der Waals surface area contributed by atoms with Crippen LogP contribution in [0.1, 0.15) is 23.3 Å². The highest BCUT2D eigenvalue weighted by atomic mass is 19.4. The third kappa shape index (κ3) is 2.75. The normalized spacial score (nSPS) is 30.8. The van der Waals surface area contributed by atoms with Crippen LogP contribution in [0.15, 0.2) is 6.07 Å². The van der Waals surface area contributed by atoms with Crippen LogP contribution in [0.2, 0.25) is 0 Å². The zero-order valence-corrected chi connectivity index (χ0v) is 10.4. The largest absolute Gasteiger partial charge is 0.433 e. The molecule has 1 aliphatic rings. The Morgan fingerprint density at radius 2 is 1.90 bits per heavy atom. The van der Waals surface area contributed by atoms with Crippen molar-refractivity contribution in [2.45, 2.75) is 37.5 Å². The summed E-state index contributed by atoms with van der Waals surface area (Å²) in [6.07, 6.45) is -9.98. The molecule has 1 saturated heterocycles. The van der Waals surface area contributed by atoms with E-state index in [1.165, 1.54) is 6.92 Å². The molecule has 9 heteroatoms. The average molecular weight is 294 g/mol. The number of aliphatic hydroxyl groups excluding tert-OH is 3. The van der Waals surface area contributed by atoms with Crippen LogP contribution >= 0.6 is 0 Å². The van der Waals surface area contributed by atoms with E-state index in [0.717, 1.165) is 6.07 Å². The molecule has 2 heterocycles. The molecule has 0 unspecified atom stereocenters. The van der Waals surface area contributed by atoms with Crippen LogP contribution in [0.4, 0.5) is 13.2 Å². The lowest BCUT2D eigenvalue weighted by Crippen LogP contribution is -2.32. The van der Waals surface area contributed by atoms with Gasteiger partial charge in [0.1, 0.15) is 30.1 Å². The van der Waals surface area contributed by atoms with Crippen molar-refractivity contribution in [3.05, 3.63) is 23.3 Å². The van der Waals surface area contributed by atoms with E-state index in [-0.39, 0.29) is 11.5 Å². The highest BCUT2D eigenvalue weighted by molar-refractivity contribution is 5.15. The van der Waals surface area contributed by atoms with Crippen LogP contribution in [0.3, 0.4) is 0 Å².